The highest BCUT2D eigenvalue weighted by Crippen LogP contribution is 2.44. The maximum absolute atomic E-state index is 11.8. The van der Waals surface area contributed by atoms with E-state index in [1.54, 1.807) is 19.2 Å². The summed E-state index contributed by atoms with van der Waals surface area (Å²) in [4.78, 5) is 14.8. The molecule has 0 aromatic heterocycles. The summed E-state index contributed by atoms with van der Waals surface area (Å²) >= 11 is 1.49. The van der Waals surface area contributed by atoms with Gasteiger partial charge < -0.3 is 19.5 Å². The first-order valence-electron chi connectivity index (χ1n) is 10.5. The van der Waals surface area contributed by atoms with E-state index in [-0.39, 0.29) is 5.56 Å². The van der Waals surface area contributed by atoms with Gasteiger partial charge in [-0.1, -0.05) is 32.8 Å². The second-order valence-electron chi connectivity index (χ2n) is 7.28. The van der Waals surface area contributed by atoms with E-state index in [0.29, 0.717) is 17.2 Å². The summed E-state index contributed by atoms with van der Waals surface area (Å²) in [6.07, 6.45) is 6.13. The Hall–Kier alpha value is -2.34. The van der Waals surface area contributed by atoms with Crippen LogP contribution in [0.4, 0.5) is 5.69 Å². The molecular formula is C24H33NO4S. The third kappa shape index (κ3) is 6.08. The molecule has 0 radical (unpaired) electrons. The van der Waals surface area contributed by atoms with Crippen LogP contribution in [0.25, 0.3) is 0 Å². The van der Waals surface area contributed by atoms with E-state index < -0.39 is 5.97 Å². The molecule has 30 heavy (non-hydrogen) atoms. The van der Waals surface area contributed by atoms with E-state index in [1.165, 1.54) is 11.8 Å². The largest absolute Gasteiger partial charge is 0.493 e. The number of rotatable bonds is 12. The molecule has 1 N–H and O–H groups in total. The van der Waals surface area contributed by atoms with E-state index >= 15 is 0 Å². The Morgan fingerprint density at radius 1 is 1.07 bits per heavy atom. The Morgan fingerprint density at radius 2 is 1.73 bits per heavy atom. The molecule has 164 valence electrons. The number of unbranched alkanes of at least 4 members (excludes halogenated alkanes) is 2. The van der Waals surface area contributed by atoms with E-state index in [0.717, 1.165) is 54.9 Å². The zero-order valence-electron chi connectivity index (χ0n) is 18.7. The van der Waals surface area contributed by atoms with Crippen molar-refractivity contribution >= 4 is 23.4 Å². The first-order chi connectivity index (χ1) is 14.4. The third-order valence-electron chi connectivity index (χ3n) is 4.94. The quantitative estimate of drug-likeness (QED) is 0.381. The predicted molar refractivity (Wildman–Crippen MR) is 125 cm³/mol. The van der Waals surface area contributed by atoms with Gasteiger partial charge in [-0.3, -0.25) is 0 Å². The summed E-state index contributed by atoms with van der Waals surface area (Å²) in [7, 11) is 1.63. The Labute approximate surface area is 184 Å². The van der Waals surface area contributed by atoms with Crippen molar-refractivity contribution in [2.75, 3.05) is 31.4 Å². The van der Waals surface area contributed by atoms with Gasteiger partial charge in [0.15, 0.2) is 17.2 Å². The normalized spacial score (nSPS) is 10.7. The number of anilines is 1. The lowest BCUT2D eigenvalue weighted by molar-refractivity contribution is 0.0696. The molecule has 2 aromatic carbocycles. The van der Waals surface area contributed by atoms with Crippen LogP contribution < -0.4 is 14.4 Å². The number of nitrogens with zero attached hydrogens (tertiary/aromatic N) is 1. The number of ether oxygens (including phenoxy) is 2. The number of aryl methyl sites for hydroxylation is 1. The van der Waals surface area contributed by atoms with Crippen molar-refractivity contribution < 1.29 is 19.4 Å². The summed E-state index contributed by atoms with van der Waals surface area (Å²) in [6, 6.07) is 9.24. The molecule has 0 fully saturated rings. The SMILES string of the molecule is CCCCN(CCCC)c1cc(C(=O)O)cc(SC)c1Oc1ccc(C)cc1OC. The van der Waals surface area contributed by atoms with Crippen LogP contribution in [0.2, 0.25) is 0 Å². The van der Waals surface area contributed by atoms with Crippen LogP contribution in [-0.4, -0.2) is 37.5 Å². The lowest BCUT2D eigenvalue weighted by Gasteiger charge is -2.28. The summed E-state index contributed by atoms with van der Waals surface area (Å²) < 4.78 is 11.9. The Kier molecular flexibility index (Phi) is 9.37. The molecule has 0 unspecified atom stereocenters. The predicted octanol–water partition coefficient (Wildman–Crippen LogP) is 6.62. The smallest absolute Gasteiger partial charge is 0.335 e. The maximum atomic E-state index is 11.8. The number of carboxylic acids is 1. The molecule has 0 saturated carbocycles. The van der Waals surface area contributed by atoms with Crippen molar-refractivity contribution in [1.82, 2.24) is 0 Å². The van der Waals surface area contributed by atoms with E-state index in [4.69, 9.17) is 9.47 Å². The average Bonchev–Trinajstić information content (AvgIpc) is 2.75. The van der Waals surface area contributed by atoms with Gasteiger partial charge in [0.05, 0.1) is 23.3 Å². The van der Waals surface area contributed by atoms with E-state index in [1.807, 2.05) is 31.4 Å². The number of aromatic carboxylic acids is 1. The fraction of sp³-hybridized carbons (Fsp3) is 0.458. The van der Waals surface area contributed by atoms with Crippen LogP contribution >= 0.6 is 11.8 Å². The summed E-state index contributed by atoms with van der Waals surface area (Å²) in [6.45, 7) is 8.04. The minimum Gasteiger partial charge on any atom is -0.493 e. The third-order valence-corrected chi connectivity index (χ3v) is 5.68. The van der Waals surface area contributed by atoms with Crippen LogP contribution in [-0.2, 0) is 0 Å². The Balaban J connectivity index is 2.62. The van der Waals surface area contributed by atoms with Crippen molar-refractivity contribution in [3.8, 4) is 17.2 Å². The van der Waals surface area contributed by atoms with Gasteiger partial charge in [0.1, 0.15) is 0 Å². The molecule has 0 aliphatic carbocycles. The molecule has 0 spiro atoms. The molecule has 6 heteroatoms. The molecule has 0 saturated heterocycles. The van der Waals surface area contributed by atoms with Gasteiger partial charge in [-0.15, -0.1) is 11.8 Å². The zero-order valence-corrected chi connectivity index (χ0v) is 19.5. The number of carboxylic acid groups (broad SMARTS) is 1. The number of methoxy groups -OCH3 is 1. The molecule has 0 atom stereocenters. The van der Waals surface area contributed by atoms with Gasteiger partial charge in [0, 0.05) is 13.1 Å². The fourth-order valence-corrected chi connectivity index (χ4v) is 3.80. The molecule has 0 bridgehead atoms. The lowest BCUT2D eigenvalue weighted by Crippen LogP contribution is -2.26. The zero-order chi connectivity index (χ0) is 22.1. The van der Waals surface area contributed by atoms with Crippen LogP contribution in [0.1, 0.15) is 55.5 Å². The molecule has 0 amide bonds. The fourth-order valence-electron chi connectivity index (χ4n) is 3.22. The number of hydrogen-bond acceptors (Lipinski definition) is 5. The van der Waals surface area contributed by atoms with Crippen molar-refractivity contribution in [3.05, 3.63) is 41.5 Å². The molecular weight excluding hydrogens is 398 g/mol. The molecule has 0 aliphatic rings. The van der Waals surface area contributed by atoms with Crippen molar-refractivity contribution in [3.63, 3.8) is 0 Å². The van der Waals surface area contributed by atoms with Gasteiger partial charge >= 0.3 is 5.97 Å². The Morgan fingerprint density at radius 3 is 2.27 bits per heavy atom. The second-order valence-corrected chi connectivity index (χ2v) is 8.13. The highest BCUT2D eigenvalue weighted by atomic mass is 32.2. The van der Waals surface area contributed by atoms with Gasteiger partial charge in [-0.05, 0) is 55.9 Å². The number of hydrogen-bond donors (Lipinski definition) is 1. The highest BCUT2D eigenvalue weighted by molar-refractivity contribution is 7.98. The van der Waals surface area contributed by atoms with Gasteiger partial charge in [-0.2, -0.15) is 0 Å². The number of benzene rings is 2. The monoisotopic (exact) mass is 431 g/mol. The number of carbonyl (C=O) groups is 1. The highest BCUT2D eigenvalue weighted by Gasteiger charge is 2.21. The van der Waals surface area contributed by atoms with Crippen LogP contribution in [0.5, 0.6) is 17.2 Å². The van der Waals surface area contributed by atoms with Crippen LogP contribution in [0.3, 0.4) is 0 Å². The lowest BCUT2D eigenvalue weighted by atomic mass is 10.1. The van der Waals surface area contributed by atoms with Crippen molar-refractivity contribution in [2.24, 2.45) is 0 Å². The van der Waals surface area contributed by atoms with Crippen molar-refractivity contribution in [1.29, 1.82) is 0 Å². The van der Waals surface area contributed by atoms with Gasteiger partial charge in [0.25, 0.3) is 0 Å². The summed E-state index contributed by atoms with van der Waals surface area (Å²) in [5.74, 6) is 1.02. The van der Waals surface area contributed by atoms with Crippen LogP contribution in [0, 0.1) is 6.92 Å². The Bertz CT molecular complexity index is 845. The molecule has 2 aromatic rings. The van der Waals surface area contributed by atoms with E-state index in [9.17, 15) is 9.90 Å². The second kappa shape index (κ2) is 11.7. The minimum absolute atomic E-state index is 0.274. The molecule has 5 nitrogen and oxygen atoms in total. The molecule has 2 rings (SSSR count). The first kappa shape index (κ1) is 23.9. The molecule has 0 aliphatic heterocycles. The van der Waals surface area contributed by atoms with Gasteiger partial charge in [0.2, 0.25) is 0 Å². The molecule has 0 heterocycles. The first-order valence-corrected chi connectivity index (χ1v) is 11.7. The van der Waals surface area contributed by atoms with Crippen LogP contribution in [0.15, 0.2) is 35.2 Å². The van der Waals surface area contributed by atoms with Crippen molar-refractivity contribution in [2.45, 2.75) is 51.3 Å². The average molecular weight is 432 g/mol. The maximum Gasteiger partial charge on any atom is 0.335 e. The summed E-state index contributed by atoms with van der Waals surface area (Å²) in [5, 5.41) is 9.67. The summed E-state index contributed by atoms with van der Waals surface area (Å²) in [5.41, 5.74) is 2.18. The number of thioether (sulfide) groups is 1. The topological polar surface area (TPSA) is 59.0 Å². The van der Waals surface area contributed by atoms with Gasteiger partial charge in [-0.25, -0.2) is 4.79 Å². The standard InChI is InChI=1S/C24H33NO4S/c1-6-8-12-25(13-9-7-2)19-15-18(24(26)27)16-22(30-5)23(19)29-20-11-10-17(3)14-21(20)28-4/h10-11,14-16H,6-9,12-13H2,1-5H3,(H,26,27). The minimum atomic E-state index is -0.933. The van der Waals surface area contributed by atoms with E-state index in [2.05, 4.69) is 18.7 Å².